The number of hydrogen-bond donors (Lipinski definition) is 1. The Morgan fingerprint density at radius 1 is 1.11 bits per heavy atom. The number of para-hydroxylation sites is 1. The van der Waals surface area contributed by atoms with Crippen LogP contribution in [0.2, 0.25) is 0 Å². The summed E-state index contributed by atoms with van der Waals surface area (Å²) in [5, 5.41) is 11.5. The zero-order valence-corrected chi connectivity index (χ0v) is 20.5. The zero-order chi connectivity index (χ0) is 25.4. The van der Waals surface area contributed by atoms with Crippen molar-refractivity contribution in [2.24, 2.45) is 0 Å². The number of Topliss-reactive ketones (excluding diaryl/α,β-unsaturated/α-hetero) is 1. The molecule has 2 saturated heterocycles. The molecule has 0 aliphatic carbocycles. The Morgan fingerprint density at radius 2 is 1.86 bits per heavy atom. The summed E-state index contributed by atoms with van der Waals surface area (Å²) in [5.74, 6) is -1.86. The van der Waals surface area contributed by atoms with Gasteiger partial charge < -0.3 is 24.4 Å². The molecule has 1 N–H and O–H groups in total. The van der Waals surface area contributed by atoms with Crippen LogP contribution in [0.1, 0.15) is 44.2 Å². The maximum absolute atomic E-state index is 14.3. The smallest absolute Gasteiger partial charge is 0.296 e. The van der Waals surface area contributed by atoms with E-state index in [1.165, 1.54) is 4.90 Å². The number of ether oxygens (including phenoxy) is 2. The Hall–Kier alpha value is -3.65. The quantitative estimate of drug-likeness (QED) is 0.362. The van der Waals surface area contributed by atoms with Crippen LogP contribution in [0, 0.1) is 0 Å². The van der Waals surface area contributed by atoms with Crippen molar-refractivity contribution in [3.8, 4) is 5.75 Å². The molecule has 188 valence electrons. The van der Waals surface area contributed by atoms with E-state index in [4.69, 9.17) is 9.47 Å². The topological polar surface area (TPSA) is 96.4 Å². The number of aliphatic hydroxyl groups is 1. The van der Waals surface area contributed by atoms with Crippen LogP contribution in [0.15, 0.2) is 54.1 Å². The second-order valence-corrected chi connectivity index (χ2v) is 9.25. The van der Waals surface area contributed by atoms with Gasteiger partial charge in [-0.1, -0.05) is 25.1 Å². The summed E-state index contributed by atoms with van der Waals surface area (Å²) in [5.41, 5.74) is -0.471. The molecule has 0 aromatic heterocycles. The van der Waals surface area contributed by atoms with Crippen LogP contribution in [0.25, 0.3) is 5.76 Å². The lowest BCUT2D eigenvalue weighted by Gasteiger charge is -2.35. The highest BCUT2D eigenvalue weighted by Gasteiger charge is 2.67. The van der Waals surface area contributed by atoms with Crippen molar-refractivity contribution in [1.82, 2.24) is 4.90 Å². The summed E-state index contributed by atoms with van der Waals surface area (Å²) >= 11 is 0. The highest BCUT2D eigenvalue weighted by Crippen LogP contribution is 2.53. The number of ketones is 1. The van der Waals surface area contributed by atoms with E-state index < -0.39 is 23.1 Å². The number of fused-ring (bicyclic) bond motifs is 2. The van der Waals surface area contributed by atoms with Crippen molar-refractivity contribution >= 4 is 29.0 Å². The summed E-state index contributed by atoms with van der Waals surface area (Å²) in [6.07, 6.45) is 1.98. The first-order valence-corrected chi connectivity index (χ1v) is 12.5. The number of likely N-dealkylation sites (tertiary alicyclic amines) is 1. The molecule has 5 rings (SSSR count). The summed E-state index contributed by atoms with van der Waals surface area (Å²) < 4.78 is 11.3. The van der Waals surface area contributed by atoms with Gasteiger partial charge in [-0.3, -0.25) is 14.4 Å². The van der Waals surface area contributed by atoms with Gasteiger partial charge in [-0.05, 0) is 56.5 Å². The van der Waals surface area contributed by atoms with Crippen LogP contribution < -0.4 is 9.64 Å². The molecule has 2 aromatic rings. The van der Waals surface area contributed by atoms with E-state index >= 15 is 0 Å². The van der Waals surface area contributed by atoms with E-state index in [0.29, 0.717) is 48.7 Å². The molecular weight excluding hydrogens is 460 g/mol. The molecule has 0 radical (unpaired) electrons. The molecule has 3 heterocycles. The monoisotopic (exact) mass is 490 g/mol. The molecule has 0 bridgehead atoms. The number of hydrogen-bond acceptors (Lipinski definition) is 6. The molecule has 8 heteroatoms. The van der Waals surface area contributed by atoms with Crippen LogP contribution in [-0.2, 0) is 24.7 Å². The van der Waals surface area contributed by atoms with Crippen LogP contribution in [-0.4, -0.2) is 60.0 Å². The number of benzene rings is 2. The van der Waals surface area contributed by atoms with Gasteiger partial charge in [-0.15, -0.1) is 0 Å². The van der Waals surface area contributed by atoms with E-state index in [-0.39, 0.29) is 24.0 Å². The molecule has 3 aliphatic rings. The fraction of sp³-hybridized carbons (Fsp3) is 0.393. The van der Waals surface area contributed by atoms with Gasteiger partial charge >= 0.3 is 0 Å². The molecule has 1 spiro atoms. The molecule has 0 saturated carbocycles. The first-order chi connectivity index (χ1) is 17.4. The molecule has 0 unspecified atom stereocenters. The Bertz CT molecular complexity index is 1230. The van der Waals surface area contributed by atoms with E-state index in [2.05, 4.69) is 0 Å². The Labute approximate surface area is 210 Å². The minimum absolute atomic E-state index is 0.0880. The van der Waals surface area contributed by atoms with E-state index in [0.717, 1.165) is 12.8 Å². The minimum Gasteiger partial charge on any atom is -0.507 e. The third kappa shape index (κ3) is 3.51. The minimum atomic E-state index is -1.76. The SMILES string of the molecule is CCCN1C(=O)[C@]2(C(=C(O)c3ccc(OCC)cc3)C(=O)C(=O)N2C[C@@H]2CCCO2)c2ccccc21. The number of rotatable bonds is 7. The number of amides is 2. The lowest BCUT2D eigenvalue weighted by atomic mass is 9.81. The van der Waals surface area contributed by atoms with Crippen molar-refractivity contribution in [2.75, 3.05) is 31.2 Å². The maximum Gasteiger partial charge on any atom is 0.296 e. The molecule has 2 atom stereocenters. The van der Waals surface area contributed by atoms with Crippen molar-refractivity contribution in [3.05, 3.63) is 65.2 Å². The summed E-state index contributed by atoms with van der Waals surface area (Å²) in [6, 6.07) is 13.8. The first-order valence-electron chi connectivity index (χ1n) is 12.5. The lowest BCUT2D eigenvalue weighted by Crippen LogP contribution is -2.53. The molecule has 2 amide bonds. The number of carbonyl (C=O) groups excluding carboxylic acids is 3. The summed E-state index contributed by atoms with van der Waals surface area (Å²) in [4.78, 5) is 44.4. The normalized spacial score (nSPS) is 24.7. The Kier molecular flexibility index (Phi) is 6.30. The van der Waals surface area contributed by atoms with Gasteiger partial charge in [0, 0.05) is 30.8 Å². The predicted octanol–water partition coefficient (Wildman–Crippen LogP) is 3.60. The first kappa shape index (κ1) is 24.1. The Balaban J connectivity index is 1.74. The van der Waals surface area contributed by atoms with Gasteiger partial charge in [0.1, 0.15) is 11.5 Å². The van der Waals surface area contributed by atoms with E-state index in [1.54, 1.807) is 41.3 Å². The molecule has 8 nitrogen and oxygen atoms in total. The van der Waals surface area contributed by atoms with Crippen molar-refractivity contribution in [1.29, 1.82) is 0 Å². The van der Waals surface area contributed by atoms with E-state index in [1.807, 2.05) is 26.0 Å². The van der Waals surface area contributed by atoms with E-state index in [9.17, 15) is 19.5 Å². The van der Waals surface area contributed by atoms with Gasteiger partial charge in [0.2, 0.25) is 0 Å². The average molecular weight is 491 g/mol. The van der Waals surface area contributed by atoms with Crippen LogP contribution in [0.3, 0.4) is 0 Å². The fourth-order valence-corrected chi connectivity index (χ4v) is 5.57. The summed E-state index contributed by atoms with van der Waals surface area (Å²) in [7, 11) is 0. The van der Waals surface area contributed by atoms with Crippen LogP contribution in [0.4, 0.5) is 5.69 Å². The van der Waals surface area contributed by atoms with Gasteiger partial charge in [-0.2, -0.15) is 0 Å². The molecule has 2 aromatic carbocycles. The average Bonchev–Trinajstić information content (AvgIpc) is 3.55. The van der Waals surface area contributed by atoms with Crippen molar-refractivity contribution in [3.63, 3.8) is 0 Å². The predicted molar refractivity (Wildman–Crippen MR) is 134 cm³/mol. The summed E-state index contributed by atoms with van der Waals surface area (Å²) in [6.45, 7) is 5.40. The van der Waals surface area contributed by atoms with Gasteiger partial charge in [0.15, 0.2) is 5.54 Å². The second kappa shape index (κ2) is 9.43. The number of carbonyl (C=O) groups is 3. The standard InChI is InChI=1S/C28H30N2O6/c1-3-15-29-22-10-6-5-9-21(22)28(27(29)34)23(24(31)18-11-13-19(14-12-18)35-4-2)25(32)26(33)30(28)17-20-8-7-16-36-20/h5-6,9-14,20,31H,3-4,7-8,15-17H2,1-2H3/t20-,28+/m0/s1. The van der Waals surface area contributed by atoms with Gasteiger partial charge in [0.25, 0.3) is 17.6 Å². The number of anilines is 1. The highest BCUT2D eigenvalue weighted by atomic mass is 16.5. The largest absolute Gasteiger partial charge is 0.507 e. The van der Waals surface area contributed by atoms with Crippen molar-refractivity contribution < 1.29 is 29.0 Å². The number of aliphatic hydroxyl groups excluding tert-OH is 1. The molecule has 3 aliphatic heterocycles. The fourth-order valence-electron chi connectivity index (χ4n) is 5.57. The highest BCUT2D eigenvalue weighted by molar-refractivity contribution is 6.50. The van der Waals surface area contributed by atoms with Gasteiger partial charge in [0.05, 0.1) is 24.0 Å². The molecule has 2 fully saturated rings. The second-order valence-electron chi connectivity index (χ2n) is 9.25. The molecule has 36 heavy (non-hydrogen) atoms. The van der Waals surface area contributed by atoms with Crippen LogP contribution >= 0.6 is 0 Å². The third-order valence-electron chi connectivity index (χ3n) is 7.11. The molecular formula is C28H30N2O6. The maximum atomic E-state index is 14.3. The van der Waals surface area contributed by atoms with Gasteiger partial charge in [-0.25, -0.2) is 0 Å². The Morgan fingerprint density at radius 3 is 2.53 bits per heavy atom. The lowest BCUT2D eigenvalue weighted by molar-refractivity contribution is -0.145. The number of nitrogens with zero attached hydrogens (tertiary/aromatic N) is 2. The van der Waals surface area contributed by atoms with Crippen molar-refractivity contribution in [2.45, 2.75) is 44.8 Å². The van der Waals surface area contributed by atoms with Crippen LogP contribution in [0.5, 0.6) is 5.75 Å². The third-order valence-corrected chi connectivity index (χ3v) is 7.11. The zero-order valence-electron chi connectivity index (χ0n) is 20.5.